The zero-order valence-corrected chi connectivity index (χ0v) is 14.2. The van der Waals surface area contributed by atoms with Gasteiger partial charge in [-0.3, -0.25) is 4.72 Å². The van der Waals surface area contributed by atoms with Gasteiger partial charge in [0.25, 0.3) is 10.0 Å². The quantitative estimate of drug-likeness (QED) is 0.571. The first kappa shape index (κ1) is 15.7. The summed E-state index contributed by atoms with van der Waals surface area (Å²) >= 11 is 1.43. The summed E-state index contributed by atoms with van der Waals surface area (Å²) in [5.41, 5.74) is 1.08. The molecule has 6 nitrogen and oxygen atoms in total. The van der Waals surface area contributed by atoms with Crippen molar-refractivity contribution in [2.24, 2.45) is 0 Å². The number of sulfonamides is 1. The van der Waals surface area contributed by atoms with E-state index >= 15 is 0 Å². The van der Waals surface area contributed by atoms with E-state index in [1.54, 1.807) is 18.3 Å². The van der Waals surface area contributed by atoms with Crippen LogP contribution < -0.4 is 4.72 Å². The summed E-state index contributed by atoms with van der Waals surface area (Å²) in [4.78, 5) is 11.6. The number of fused-ring (bicyclic) bond motifs is 1. The average Bonchev–Trinajstić information content (AvgIpc) is 3.25. The van der Waals surface area contributed by atoms with Gasteiger partial charge >= 0.3 is 0 Å². The van der Waals surface area contributed by atoms with Crippen LogP contribution in [-0.4, -0.2) is 23.4 Å². The van der Waals surface area contributed by atoms with Crippen molar-refractivity contribution in [3.05, 3.63) is 59.9 Å². The minimum atomic E-state index is -3.92. The molecule has 0 aliphatic carbocycles. The minimum Gasteiger partial charge on any atom is -0.336 e. The number of halogens is 1. The second kappa shape index (κ2) is 5.94. The van der Waals surface area contributed by atoms with Crippen LogP contribution in [0.5, 0.6) is 0 Å². The molecule has 4 aromatic rings. The largest absolute Gasteiger partial charge is 0.336 e. The summed E-state index contributed by atoms with van der Waals surface area (Å²) in [5.74, 6) is -0.0682. The van der Waals surface area contributed by atoms with Gasteiger partial charge in [0.15, 0.2) is 10.8 Å². The van der Waals surface area contributed by atoms with E-state index in [2.05, 4.69) is 19.7 Å². The molecule has 0 aliphatic rings. The Bertz CT molecular complexity index is 1150. The summed E-state index contributed by atoms with van der Waals surface area (Å²) in [6.45, 7) is 0. The van der Waals surface area contributed by atoms with Crippen LogP contribution in [0, 0.1) is 5.82 Å². The topological polar surface area (TPSA) is 87.7 Å². The van der Waals surface area contributed by atoms with Gasteiger partial charge in [-0.2, -0.15) is 0 Å². The van der Waals surface area contributed by atoms with E-state index in [9.17, 15) is 12.8 Å². The van der Waals surface area contributed by atoms with Crippen molar-refractivity contribution in [1.82, 2.24) is 15.0 Å². The molecule has 25 heavy (non-hydrogen) atoms. The molecular formula is C16H11FN4O2S2. The third-order valence-electron chi connectivity index (χ3n) is 3.52. The lowest BCUT2D eigenvalue weighted by Crippen LogP contribution is -2.13. The molecule has 0 saturated carbocycles. The molecule has 0 atom stereocenters. The molecule has 0 spiro atoms. The third kappa shape index (κ3) is 2.99. The van der Waals surface area contributed by atoms with Gasteiger partial charge in [0.2, 0.25) is 0 Å². The van der Waals surface area contributed by atoms with Gasteiger partial charge in [-0.05, 0) is 30.3 Å². The number of benzene rings is 2. The van der Waals surface area contributed by atoms with E-state index in [1.165, 1.54) is 41.7 Å². The Morgan fingerprint density at radius 3 is 2.76 bits per heavy atom. The van der Waals surface area contributed by atoms with E-state index in [-0.39, 0.29) is 10.6 Å². The van der Waals surface area contributed by atoms with Crippen LogP contribution in [-0.2, 0) is 10.0 Å². The van der Waals surface area contributed by atoms with E-state index in [0.29, 0.717) is 21.9 Å². The predicted molar refractivity (Wildman–Crippen MR) is 94.4 cm³/mol. The lowest BCUT2D eigenvalue weighted by molar-refractivity contribution is 0.598. The molecule has 0 unspecified atom stereocenters. The molecule has 0 radical (unpaired) electrons. The van der Waals surface area contributed by atoms with Crippen molar-refractivity contribution in [3.8, 4) is 10.8 Å². The number of nitrogens with one attached hydrogen (secondary N) is 2. The minimum absolute atomic E-state index is 0.0117. The summed E-state index contributed by atoms with van der Waals surface area (Å²) in [7, 11) is -3.92. The number of para-hydroxylation sites is 1. The van der Waals surface area contributed by atoms with Crippen LogP contribution in [0.25, 0.3) is 21.9 Å². The van der Waals surface area contributed by atoms with Gasteiger partial charge in [-0.1, -0.05) is 12.1 Å². The van der Waals surface area contributed by atoms with Crippen molar-refractivity contribution >= 4 is 38.1 Å². The maximum atomic E-state index is 13.7. The number of hydrogen-bond acceptors (Lipinski definition) is 5. The number of imidazole rings is 1. The Hall–Kier alpha value is -2.78. The number of nitrogens with zero attached hydrogens (tertiary/aromatic N) is 2. The van der Waals surface area contributed by atoms with E-state index in [1.807, 2.05) is 5.38 Å². The lowest BCUT2D eigenvalue weighted by Gasteiger charge is -2.08. The van der Waals surface area contributed by atoms with Crippen LogP contribution in [0.2, 0.25) is 0 Å². The highest BCUT2D eigenvalue weighted by molar-refractivity contribution is 7.92. The molecule has 9 heteroatoms. The first-order chi connectivity index (χ1) is 12.0. The molecule has 2 N–H and O–H groups in total. The summed E-state index contributed by atoms with van der Waals surface area (Å²) in [6.07, 6.45) is 1.67. The number of hydrogen-bond donors (Lipinski definition) is 2. The first-order valence-corrected chi connectivity index (χ1v) is 9.56. The fourth-order valence-corrected chi connectivity index (χ4v) is 4.02. The van der Waals surface area contributed by atoms with Crippen molar-refractivity contribution in [2.45, 2.75) is 4.90 Å². The average molecular weight is 374 g/mol. The standard InChI is InChI=1S/C16H11FN4O2S2/c17-11-3-1-2-4-12(11)21-25(22,23)10-5-6-13-14(9-10)20-15(19-13)16-18-7-8-24-16/h1-9,21H,(H,19,20). The summed E-state index contributed by atoms with van der Waals surface area (Å²) < 4.78 is 41.0. The fraction of sp³-hybridized carbons (Fsp3) is 0. The van der Waals surface area contributed by atoms with Crippen molar-refractivity contribution in [2.75, 3.05) is 4.72 Å². The molecule has 2 aromatic heterocycles. The van der Waals surface area contributed by atoms with Crippen molar-refractivity contribution < 1.29 is 12.8 Å². The first-order valence-electron chi connectivity index (χ1n) is 7.20. The van der Waals surface area contributed by atoms with Gasteiger partial charge in [-0.25, -0.2) is 22.8 Å². The maximum Gasteiger partial charge on any atom is 0.262 e. The van der Waals surface area contributed by atoms with Gasteiger partial charge < -0.3 is 4.98 Å². The van der Waals surface area contributed by atoms with Crippen LogP contribution in [0.4, 0.5) is 10.1 Å². The number of anilines is 1. The molecule has 4 rings (SSSR count). The van der Waals surface area contributed by atoms with Crippen LogP contribution in [0.3, 0.4) is 0 Å². The highest BCUT2D eigenvalue weighted by Crippen LogP contribution is 2.25. The molecule has 2 heterocycles. The van der Waals surface area contributed by atoms with E-state index < -0.39 is 15.8 Å². The number of aromatic amines is 1. The number of thiazole rings is 1. The molecule has 126 valence electrons. The van der Waals surface area contributed by atoms with Gasteiger partial charge in [-0.15, -0.1) is 11.3 Å². The highest BCUT2D eigenvalue weighted by atomic mass is 32.2. The fourth-order valence-electron chi connectivity index (χ4n) is 2.35. The molecule has 0 aliphatic heterocycles. The zero-order chi connectivity index (χ0) is 17.4. The summed E-state index contributed by atoms with van der Waals surface area (Å²) in [5, 5.41) is 2.54. The Labute approximate surface area is 146 Å². The monoisotopic (exact) mass is 374 g/mol. The Morgan fingerprint density at radius 2 is 2.00 bits per heavy atom. The van der Waals surface area contributed by atoms with Crippen molar-refractivity contribution in [3.63, 3.8) is 0 Å². The van der Waals surface area contributed by atoms with Gasteiger partial charge in [0.05, 0.1) is 21.6 Å². The lowest BCUT2D eigenvalue weighted by atomic mass is 10.3. The molecule has 0 fully saturated rings. The van der Waals surface area contributed by atoms with E-state index in [4.69, 9.17) is 0 Å². The SMILES string of the molecule is O=S(=O)(Nc1ccccc1F)c1ccc2nc(-c3nccs3)[nH]c2c1. The molecular weight excluding hydrogens is 363 g/mol. The van der Waals surface area contributed by atoms with Crippen molar-refractivity contribution in [1.29, 1.82) is 0 Å². The van der Waals surface area contributed by atoms with Crippen LogP contribution >= 0.6 is 11.3 Å². The second-order valence-corrected chi connectivity index (χ2v) is 7.76. The number of aromatic nitrogens is 3. The molecule has 2 aromatic carbocycles. The molecule has 0 bridgehead atoms. The smallest absolute Gasteiger partial charge is 0.262 e. The Morgan fingerprint density at radius 1 is 1.16 bits per heavy atom. The third-order valence-corrected chi connectivity index (χ3v) is 5.66. The number of rotatable bonds is 4. The van der Waals surface area contributed by atoms with E-state index in [0.717, 1.165) is 0 Å². The second-order valence-electron chi connectivity index (χ2n) is 5.19. The van der Waals surface area contributed by atoms with Gasteiger partial charge in [0.1, 0.15) is 5.82 Å². The van der Waals surface area contributed by atoms with Crippen LogP contribution in [0.1, 0.15) is 0 Å². The Kier molecular flexibility index (Phi) is 3.74. The van der Waals surface area contributed by atoms with Crippen LogP contribution in [0.15, 0.2) is 58.9 Å². The molecule has 0 saturated heterocycles. The maximum absolute atomic E-state index is 13.7. The predicted octanol–water partition coefficient (Wildman–Crippen LogP) is 3.63. The number of H-pyrrole nitrogens is 1. The molecule has 0 amide bonds. The highest BCUT2D eigenvalue weighted by Gasteiger charge is 2.18. The summed E-state index contributed by atoms with van der Waals surface area (Å²) in [6, 6.07) is 10.1. The zero-order valence-electron chi connectivity index (χ0n) is 12.6. The normalized spacial score (nSPS) is 11.7. The van der Waals surface area contributed by atoms with Gasteiger partial charge in [0, 0.05) is 11.6 Å². The Balaban J connectivity index is 1.72.